The Hall–Kier alpha value is -3.32. The fraction of sp³-hybridized carbons (Fsp3) is 0.182. The van der Waals surface area contributed by atoms with Gasteiger partial charge in [0, 0.05) is 17.5 Å². The molecule has 7 heteroatoms. The summed E-state index contributed by atoms with van der Waals surface area (Å²) in [5.41, 5.74) is 3.09. The number of thiazole rings is 1. The van der Waals surface area contributed by atoms with Crippen LogP contribution in [0.4, 0.5) is 5.13 Å². The van der Waals surface area contributed by atoms with Crippen molar-refractivity contribution in [3.8, 4) is 11.3 Å². The molecular formula is C22H21N5OS. The second-order valence-corrected chi connectivity index (χ2v) is 7.49. The number of amides is 1. The molecular weight excluding hydrogens is 382 g/mol. The van der Waals surface area contributed by atoms with E-state index in [9.17, 15) is 4.79 Å². The number of rotatable bonds is 7. The van der Waals surface area contributed by atoms with Crippen molar-refractivity contribution in [1.82, 2.24) is 19.7 Å². The minimum absolute atomic E-state index is 0.0552. The van der Waals surface area contributed by atoms with Gasteiger partial charge in [-0.15, -0.1) is 11.3 Å². The van der Waals surface area contributed by atoms with Gasteiger partial charge in [-0.3, -0.25) is 9.69 Å². The zero-order chi connectivity index (χ0) is 20.1. The van der Waals surface area contributed by atoms with E-state index in [1.165, 1.54) is 23.2 Å². The lowest BCUT2D eigenvalue weighted by atomic mass is 10.1. The third-order valence-electron chi connectivity index (χ3n) is 4.72. The lowest BCUT2D eigenvalue weighted by Crippen LogP contribution is -2.38. The summed E-state index contributed by atoms with van der Waals surface area (Å²) in [4.78, 5) is 23.8. The third-order valence-corrected chi connectivity index (χ3v) is 5.58. The Morgan fingerprint density at radius 1 is 1.10 bits per heavy atom. The van der Waals surface area contributed by atoms with E-state index >= 15 is 0 Å². The van der Waals surface area contributed by atoms with Gasteiger partial charge in [-0.1, -0.05) is 60.7 Å². The number of benzene rings is 2. The average Bonchev–Trinajstić information content (AvgIpc) is 3.47. The van der Waals surface area contributed by atoms with Crippen LogP contribution in [0.15, 0.2) is 78.7 Å². The Balaban J connectivity index is 1.61. The molecule has 0 fully saturated rings. The summed E-state index contributed by atoms with van der Waals surface area (Å²) in [6.07, 6.45) is 3.75. The van der Waals surface area contributed by atoms with Crippen LogP contribution in [-0.2, 0) is 11.2 Å². The highest BCUT2D eigenvalue weighted by molar-refractivity contribution is 7.14. The van der Waals surface area contributed by atoms with Gasteiger partial charge in [-0.2, -0.15) is 5.10 Å². The first-order valence-corrected chi connectivity index (χ1v) is 10.3. The smallest absolute Gasteiger partial charge is 0.253 e. The van der Waals surface area contributed by atoms with Crippen molar-refractivity contribution in [3.05, 3.63) is 84.3 Å². The van der Waals surface area contributed by atoms with Gasteiger partial charge in [-0.25, -0.2) is 14.6 Å². The first-order valence-electron chi connectivity index (χ1n) is 9.43. The molecule has 2 heterocycles. The normalized spacial score (nSPS) is 11.9. The molecule has 1 unspecified atom stereocenters. The molecule has 29 heavy (non-hydrogen) atoms. The van der Waals surface area contributed by atoms with Crippen LogP contribution in [-0.4, -0.2) is 32.2 Å². The van der Waals surface area contributed by atoms with Crippen LogP contribution in [0.2, 0.25) is 0 Å². The van der Waals surface area contributed by atoms with Crippen molar-refractivity contribution in [2.45, 2.75) is 19.4 Å². The highest BCUT2D eigenvalue weighted by atomic mass is 32.1. The summed E-state index contributed by atoms with van der Waals surface area (Å²) >= 11 is 1.48. The molecule has 2 aromatic carbocycles. The molecule has 1 amide bonds. The standard InChI is InChI=1S/C22H21N5OS/c1-17(27-16-23-15-24-27)21(28)26(13-12-18-8-4-2-5-9-18)22-25-20(14-29-22)19-10-6-3-7-11-19/h2-11,14-17H,12-13H2,1H3. The van der Waals surface area contributed by atoms with Crippen LogP contribution >= 0.6 is 11.3 Å². The van der Waals surface area contributed by atoms with Crippen molar-refractivity contribution in [2.75, 3.05) is 11.4 Å². The molecule has 0 N–H and O–H groups in total. The predicted octanol–water partition coefficient (Wildman–Crippen LogP) is 4.24. The predicted molar refractivity (Wildman–Crippen MR) is 115 cm³/mol. The molecule has 4 rings (SSSR count). The van der Waals surface area contributed by atoms with Gasteiger partial charge in [0.1, 0.15) is 18.7 Å². The van der Waals surface area contributed by atoms with Crippen LogP contribution < -0.4 is 4.90 Å². The molecule has 6 nitrogen and oxygen atoms in total. The van der Waals surface area contributed by atoms with E-state index in [4.69, 9.17) is 4.98 Å². The Morgan fingerprint density at radius 2 is 1.83 bits per heavy atom. The van der Waals surface area contributed by atoms with Gasteiger partial charge >= 0.3 is 0 Å². The Labute approximate surface area is 173 Å². The van der Waals surface area contributed by atoms with Crippen molar-refractivity contribution < 1.29 is 4.79 Å². The molecule has 0 saturated heterocycles. The fourth-order valence-corrected chi connectivity index (χ4v) is 3.94. The SMILES string of the molecule is CC(C(=O)N(CCc1ccccc1)c1nc(-c2ccccc2)cs1)n1cncn1. The highest BCUT2D eigenvalue weighted by Gasteiger charge is 2.26. The van der Waals surface area contributed by atoms with Crippen LogP contribution in [0.1, 0.15) is 18.5 Å². The topological polar surface area (TPSA) is 63.9 Å². The second-order valence-electron chi connectivity index (χ2n) is 6.66. The molecule has 0 radical (unpaired) electrons. The summed E-state index contributed by atoms with van der Waals surface area (Å²) < 4.78 is 1.57. The molecule has 0 aliphatic rings. The van der Waals surface area contributed by atoms with E-state index in [-0.39, 0.29) is 5.91 Å². The average molecular weight is 404 g/mol. The molecule has 146 valence electrons. The number of carbonyl (C=O) groups is 1. The van der Waals surface area contributed by atoms with Gasteiger partial charge < -0.3 is 0 Å². The van der Waals surface area contributed by atoms with Crippen molar-refractivity contribution in [2.24, 2.45) is 0 Å². The number of aromatic nitrogens is 4. The summed E-state index contributed by atoms with van der Waals surface area (Å²) in [5.74, 6) is -0.0552. The van der Waals surface area contributed by atoms with Crippen LogP contribution in [0.3, 0.4) is 0 Å². The van der Waals surface area contributed by atoms with Crippen LogP contribution in [0, 0.1) is 0 Å². The number of anilines is 1. The lowest BCUT2D eigenvalue weighted by molar-refractivity contribution is -0.121. The van der Waals surface area contributed by atoms with Crippen molar-refractivity contribution in [3.63, 3.8) is 0 Å². The second kappa shape index (κ2) is 8.79. The Kier molecular flexibility index (Phi) is 5.76. The minimum atomic E-state index is -0.461. The van der Waals surface area contributed by atoms with Crippen molar-refractivity contribution >= 4 is 22.4 Å². The van der Waals surface area contributed by atoms with E-state index in [2.05, 4.69) is 22.2 Å². The van der Waals surface area contributed by atoms with E-state index in [1.807, 2.05) is 60.8 Å². The van der Waals surface area contributed by atoms with Crippen LogP contribution in [0.25, 0.3) is 11.3 Å². The minimum Gasteiger partial charge on any atom is -0.286 e. The molecule has 1 atom stereocenters. The molecule has 0 saturated carbocycles. The number of carbonyl (C=O) groups excluding carboxylic acids is 1. The zero-order valence-corrected chi connectivity index (χ0v) is 16.9. The first-order chi connectivity index (χ1) is 14.2. The summed E-state index contributed by atoms with van der Waals surface area (Å²) in [7, 11) is 0. The van der Waals surface area contributed by atoms with E-state index in [0.29, 0.717) is 11.7 Å². The molecule has 0 bridgehead atoms. The van der Waals surface area contributed by atoms with Gasteiger partial charge in [0.05, 0.1) is 5.69 Å². The Morgan fingerprint density at radius 3 is 2.52 bits per heavy atom. The fourth-order valence-electron chi connectivity index (χ4n) is 3.07. The third kappa shape index (κ3) is 4.41. The molecule has 2 aromatic heterocycles. The monoisotopic (exact) mass is 403 g/mol. The number of hydrogen-bond donors (Lipinski definition) is 0. The molecule has 0 aliphatic heterocycles. The van der Waals surface area contributed by atoms with Gasteiger partial charge in [0.2, 0.25) is 0 Å². The van der Waals surface area contributed by atoms with Gasteiger partial charge in [-0.05, 0) is 18.9 Å². The molecule has 4 aromatic rings. The quantitative estimate of drug-likeness (QED) is 0.463. The van der Waals surface area contributed by atoms with Crippen LogP contribution in [0.5, 0.6) is 0 Å². The lowest BCUT2D eigenvalue weighted by Gasteiger charge is -2.23. The van der Waals surface area contributed by atoms with Gasteiger partial charge in [0.25, 0.3) is 5.91 Å². The highest BCUT2D eigenvalue weighted by Crippen LogP contribution is 2.29. The molecule has 0 spiro atoms. The van der Waals surface area contributed by atoms with E-state index in [1.54, 1.807) is 15.9 Å². The summed E-state index contributed by atoms with van der Waals surface area (Å²) in [5, 5.41) is 6.81. The zero-order valence-electron chi connectivity index (χ0n) is 16.0. The van der Waals surface area contributed by atoms with E-state index < -0.39 is 6.04 Å². The summed E-state index contributed by atoms with van der Waals surface area (Å²) in [6, 6.07) is 19.7. The maximum absolute atomic E-state index is 13.3. The van der Waals surface area contributed by atoms with Gasteiger partial charge in [0.15, 0.2) is 5.13 Å². The Bertz CT molecular complexity index is 1050. The maximum atomic E-state index is 13.3. The first kappa shape index (κ1) is 19.0. The number of hydrogen-bond acceptors (Lipinski definition) is 5. The number of nitrogens with zero attached hydrogens (tertiary/aromatic N) is 5. The van der Waals surface area contributed by atoms with E-state index in [0.717, 1.165) is 17.7 Å². The van der Waals surface area contributed by atoms with Crippen molar-refractivity contribution in [1.29, 1.82) is 0 Å². The largest absolute Gasteiger partial charge is 0.286 e. The molecule has 0 aliphatic carbocycles. The maximum Gasteiger partial charge on any atom is 0.253 e. The summed E-state index contributed by atoms with van der Waals surface area (Å²) in [6.45, 7) is 2.38.